The largest absolute Gasteiger partial charge is 0.480 e. The lowest BCUT2D eigenvalue weighted by molar-refractivity contribution is -0.145. The number of nitrogens with one attached hydrogen (secondary N) is 1. The van der Waals surface area contributed by atoms with E-state index in [-0.39, 0.29) is 24.2 Å². The van der Waals surface area contributed by atoms with Crippen LogP contribution in [0.2, 0.25) is 0 Å². The maximum absolute atomic E-state index is 12.7. The molecule has 2 N–H and O–H groups in total. The van der Waals surface area contributed by atoms with Gasteiger partial charge in [0.1, 0.15) is 18.8 Å². The number of carboxylic acid groups (broad SMARTS) is 1. The van der Waals surface area contributed by atoms with Crippen LogP contribution in [0.3, 0.4) is 0 Å². The molecule has 288 valence electrons. The summed E-state index contributed by atoms with van der Waals surface area (Å²) in [6, 6.07) is 14.8. The summed E-state index contributed by atoms with van der Waals surface area (Å²) in [4.78, 5) is 48.5. The summed E-state index contributed by atoms with van der Waals surface area (Å²) in [6.45, 7) is 4.00. The lowest BCUT2D eigenvalue weighted by Gasteiger charge is -2.19. The Balaban J connectivity index is 1.25. The van der Waals surface area contributed by atoms with Crippen LogP contribution in [0.4, 0.5) is 4.79 Å². The van der Waals surface area contributed by atoms with E-state index in [0.717, 1.165) is 41.5 Å². The number of benzene rings is 2. The van der Waals surface area contributed by atoms with Gasteiger partial charge in [-0.3, -0.25) is 9.59 Å². The van der Waals surface area contributed by atoms with Crippen LogP contribution in [-0.2, 0) is 28.6 Å². The fourth-order valence-corrected chi connectivity index (χ4v) is 7.80. The van der Waals surface area contributed by atoms with E-state index in [1.165, 1.54) is 82.9 Å². The number of thioether (sulfide) groups is 1. The normalized spacial score (nSPS) is 13.1. The van der Waals surface area contributed by atoms with Gasteiger partial charge in [-0.05, 0) is 47.9 Å². The molecule has 52 heavy (non-hydrogen) atoms. The summed E-state index contributed by atoms with van der Waals surface area (Å²) in [5, 5.41) is 12.2. The molecule has 0 aromatic heterocycles. The highest BCUT2D eigenvalue weighted by Gasteiger charge is 2.30. The van der Waals surface area contributed by atoms with Gasteiger partial charge in [-0.1, -0.05) is 133 Å². The first-order valence-electron chi connectivity index (χ1n) is 19.5. The highest BCUT2D eigenvalue weighted by atomic mass is 32.2. The van der Waals surface area contributed by atoms with Gasteiger partial charge in [0.15, 0.2) is 0 Å². The molecule has 2 aromatic carbocycles. The molecule has 1 aliphatic rings. The van der Waals surface area contributed by atoms with Crippen molar-refractivity contribution in [2.24, 2.45) is 0 Å². The number of aliphatic carboxylic acids is 1. The van der Waals surface area contributed by atoms with E-state index in [1.807, 2.05) is 48.5 Å². The number of esters is 2. The average Bonchev–Trinajstić information content (AvgIpc) is 3.45. The van der Waals surface area contributed by atoms with Crippen molar-refractivity contribution < 1.29 is 38.5 Å². The maximum Gasteiger partial charge on any atom is 0.407 e. The third-order valence-electron chi connectivity index (χ3n) is 9.52. The molecular weight excluding hydrogens is 679 g/mol. The van der Waals surface area contributed by atoms with Crippen molar-refractivity contribution in [1.29, 1.82) is 0 Å². The number of carbonyl (C=O) groups excluding carboxylic acids is 3. The Kier molecular flexibility index (Phi) is 21.0. The molecule has 10 heteroatoms. The Hall–Kier alpha value is -3.53. The third-order valence-corrected chi connectivity index (χ3v) is 10.7. The minimum Gasteiger partial charge on any atom is -0.480 e. The van der Waals surface area contributed by atoms with Crippen LogP contribution >= 0.6 is 11.8 Å². The number of amides is 1. The molecule has 0 saturated carbocycles. The second kappa shape index (κ2) is 25.4. The smallest absolute Gasteiger partial charge is 0.407 e. The Morgan fingerprint density at radius 2 is 1.29 bits per heavy atom. The highest BCUT2D eigenvalue weighted by molar-refractivity contribution is 7.99. The van der Waals surface area contributed by atoms with Crippen molar-refractivity contribution in [3.63, 3.8) is 0 Å². The van der Waals surface area contributed by atoms with E-state index >= 15 is 0 Å². The summed E-state index contributed by atoms with van der Waals surface area (Å²) in [5.41, 5.74) is 4.36. The number of unbranched alkanes of at least 4 members (excludes halogenated alkanes) is 13. The molecule has 0 bridgehead atoms. The predicted molar refractivity (Wildman–Crippen MR) is 208 cm³/mol. The van der Waals surface area contributed by atoms with Gasteiger partial charge in [-0.25, -0.2) is 9.59 Å². The van der Waals surface area contributed by atoms with Gasteiger partial charge in [-0.15, -0.1) is 0 Å². The van der Waals surface area contributed by atoms with Crippen LogP contribution in [0.25, 0.3) is 11.1 Å². The van der Waals surface area contributed by atoms with Crippen molar-refractivity contribution in [1.82, 2.24) is 5.32 Å². The number of hydrogen-bond donors (Lipinski definition) is 2. The van der Waals surface area contributed by atoms with Gasteiger partial charge >= 0.3 is 24.0 Å². The summed E-state index contributed by atoms with van der Waals surface area (Å²) >= 11 is 1.28. The zero-order valence-corrected chi connectivity index (χ0v) is 32.2. The van der Waals surface area contributed by atoms with E-state index < -0.39 is 30.2 Å². The maximum atomic E-state index is 12.7. The lowest BCUT2D eigenvalue weighted by Crippen LogP contribution is -2.43. The molecular formula is C42H61NO8S. The van der Waals surface area contributed by atoms with E-state index in [4.69, 9.17) is 14.2 Å². The topological polar surface area (TPSA) is 128 Å². The first kappa shape index (κ1) is 42.9. The van der Waals surface area contributed by atoms with E-state index in [9.17, 15) is 24.3 Å². The second-order valence-electron chi connectivity index (χ2n) is 13.8. The van der Waals surface area contributed by atoms with Crippen molar-refractivity contribution in [3.8, 4) is 11.1 Å². The van der Waals surface area contributed by atoms with Crippen LogP contribution in [0.15, 0.2) is 48.5 Å². The van der Waals surface area contributed by atoms with E-state index in [0.29, 0.717) is 38.0 Å². The SMILES string of the molecule is CCCCCCCCCCCCCCCC(=O)OCCCC[C@H](CSC[C@H](NC(=O)OCC1c2ccccc2-c2ccccc21)C(=O)O)OC(C)=O. The predicted octanol–water partition coefficient (Wildman–Crippen LogP) is 9.84. The quantitative estimate of drug-likeness (QED) is 0.0498. The van der Waals surface area contributed by atoms with Crippen molar-refractivity contribution in [2.75, 3.05) is 24.7 Å². The molecule has 0 aliphatic heterocycles. The van der Waals surface area contributed by atoms with Gasteiger partial charge < -0.3 is 24.6 Å². The molecule has 9 nitrogen and oxygen atoms in total. The summed E-state index contributed by atoms with van der Waals surface area (Å²) in [6.07, 6.45) is 17.5. The molecule has 2 aromatic rings. The molecule has 1 amide bonds. The van der Waals surface area contributed by atoms with Crippen LogP contribution in [0.5, 0.6) is 0 Å². The first-order chi connectivity index (χ1) is 25.3. The fourth-order valence-electron chi connectivity index (χ4n) is 6.70. The Morgan fingerprint density at radius 3 is 1.85 bits per heavy atom. The summed E-state index contributed by atoms with van der Waals surface area (Å²) in [5.74, 6) is -1.44. The van der Waals surface area contributed by atoms with Crippen molar-refractivity contribution >= 4 is 35.8 Å². The molecule has 1 aliphatic carbocycles. The fraction of sp³-hybridized carbons (Fsp3) is 0.619. The lowest BCUT2D eigenvalue weighted by atomic mass is 9.98. The third kappa shape index (κ3) is 16.4. The van der Waals surface area contributed by atoms with Crippen LogP contribution in [0, 0.1) is 0 Å². The van der Waals surface area contributed by atoms with Crippen LogP contribution in [0.1, 0.15) is 140 Å². The molecule has 0 radical (unpaired) electrons. The molecule has 2 atom stereocenters. The average molecular weight is 740 g/mol. The van der Waals surface area contributed by atoms with E-state index in [1.54, 1.807) is 0 Å². The minimum absolute atomic E-state index is 0.0775. The molecule has 0 saturated heterocycles. The Morgan fingerprint density at radius 1 is 0.731 bits per heavy atom. The molecule has 0 unspecified atom stereocenters. The number of hydrogen-bond acceptors (Lipinski definition) is 8. The number of fused-ring (bicyclic) bond motifs is 3. The minimum atomic E-state index is -1.18. The number of alkyl carbamates (subject to hydrolysis) is 1. The van der Waals surface area contributed by atoms with Crippen molar-refractivity contribution in [2.45, 2.75) is 141 Å². The Bertz CT molecular complexity index is 1320. The van der Waals surface area contributed by atoms with Gasteiger partial charge in [0.2, 0.25) is 0 Å². The first-order valence-corrected chi connectivity index (χ1v) is 20.7. The van der Waals surface area contributed by atoms with Gasteiger partial charge in [0.25, 0.3) is 0 Å². The summed E-state index contributed by atoms with van der Waals surface area (Å²) < 4.78 is 16.4. The van der Waals surface area contributed by atoms with Gasteiger partial charge in [0, 0.05) is 30.8 Å². The molecule has 0 fully saturated rings. The zero-order valence-electron chi connectivity index (χ0n) is 31.4. The highest BCUT2D eigenvalue weighted by Crippen LogP contribution is 2.44. The zero-order chi connectivity index (χ0) is 37.4. The molecule has 3 rings (SSSR count). The van der Waals surface area contributed by atoms with E-state index in [2.05, 4.69) is 12.2 Å². The summed E-state index contributed by atoms with van der Waals surface area (Å²) in [7, 11) is 0. The van der Waals surface area contributed by atoms with Gasteiger partial charge in [-0.2, -0.15) is 11.8 Å². The number of carbonyl (C=O) groups is 4. The molecule has 0 heterocycles. The van der Waals surface area contributed by atoms with Gasteiger partial charge in [0.05, 0.1) is 6.61 Å². The van der Waals surface area contributed by atoms with Crippen LogP contribution in [-0.4, -0.2) is 66.0 Å². The number of ether oxygens (including phenoxy) is 3. The standard InChI is InChI=1S/C42H61NO8S/c1-3-4-5-6-7-8-9-10-11-12-13-14-15-27-40(45)49-28-21-20-22-33(51-32(2)44)30-52-31-39(41(46)47)43-42(48)50-29-38-36-25-18-16-23-34(36)35-24-17-19-26-37(35)38/h16-19,23-26,33,38-39H,3-15,20-22,27-31H2,1-2H3,(H,43,48)(H,46,47)/t33-,39+/m1/s1. The second-order valence-corrected chi connectivity index (χ2v) is 14.9. The molecule has 0 spiro atoms. The number of rotatable bonds is 28. The van der Waals surface area contributed by atoms with Crippen molar-refractivity contribution in [3.05, 3.63) is 59.7 Å². The number of carboxylic acids is 1. The monoisotopic (exact) mass is 739 g/mol. The Labute approximate surface area is 315 Å². The van der Waals surface area contributed by atoms with Crippen LogP contribution < -0.4 is 5.32 Å².